The lowest BCUT2D eigenvalue weighted by Gasteiger charge is -2.27. The number of para-hydroxylation sites is 1. The van der Waals surface area contributed by atoms with Crippen molar-refractivity contribution in [3.63, 3.8) is 0 Å². The van der Waals surface area contributed by atoms with E-state index in [2.05, 4.69) is 16.8 Å². The number of hydrogen-bond acceptors (Lipinski definition) is 4. The van der Waals surface area contributed by atoms with Crippen LogP contribution in [0.1, 0.15) is 31.2 Å². The summed E-state index contributed by atoms with van der Waals surface area (Å²) in [7, 11) is 0. The predicted molar refractivity (Wildman–Crippen MR) is 123 cm³/mol. The summed E-state index contributed by atoms with van der Waals surface area (Å²) in [5, 5.41) is 6.02. The SMILES string of the molecule is CC(CN(c1ccc2ncc(-c3cc4ccccc4o3)n2n1)C1CC1)c1ccc(F)cc1. The van der Waals surface area contributed by atoms with Gasteiger partial charge in [0.25, 0.3) is 0 Å². The van der Waals surface area contributed by atoms with Gasteiger partial charge in [0.05, 0.1) is 6.20 Å². The maximum atomic E-state index is 13.3. The third kappa shape index (κ3) is 3.42. The van der Waals surface area contributed by atoms with Crippen molar-refractivity contribution in [2.75, 3.05) is 11.4 Å². The first-order valence-electron chi connectivity index (χ1n) is 11.0. The van der Waals surface area contributed by atoms with E-state index < -0.39 is 0 Å². The Morgan fingerprint density at radius 1 is 1.09 bits per heavy atom. The van der Waals surface area contributed by atoms with Crippen LogP contribution in [-0.2, 0) is 0 Å². The predicted octanol–water partition coefficient (Wildman–Crippen LogP) is 6.05. The number of aromatic nitrogens is 3. The maximum absolute atomic E-state index is 13.3. The quantitative estimate of drug-likeness (QED) is 0.331. The zero-order valence-electron chi connectivity index (χ0n) is 17.8. The normalized spacial score (nSPS) is 14.8. The Hall–Kier alpha value is -3.67. The molecule has 1 aliphatic carbocycles. The highest BCUT2D eigenvalue weighted by Gasteiger charge is 2.31. The highest BCUT2D eigenvalue weighted by Crippen LogP contribution is 2.34. The number of furan rings is 1. The zero-order valence-corrected chi connectivity index (χ0v) is 17.8. The van der Waals surface area contributed by atoms with Crippen molar-refractivity contribution in [3.05, 3.63) is 84.3 Å². The van der Waals surface area contributed by atoms with Gasteiger partial charge in [-0.2, -0.15) is 0 Å². The molecule has 1 aliphatic rings. The Labute approximate surface area is 185 Å². The van der Waals surface area contributed by atoms with Crippen LogP contribution in [0, 0.1) is 5.82 Å². The molecule has 6 rings (SSSR count). The third-order valence-electron chi connectivity index (χ3n) is 6.22. The Balaban J connectivity index is 1.36. The van der Waals surface area contributed by atoms with E-state index in [1.165, 1.54) is 12.1 Å². The highest BCUT2D eigenvalue weighted by atomic mass is 19.1. The number of imidazole rings is 1. The van der Waals surface area contributed by atoms with E-state index in [1.54, 1.807) is 0 Å². The van der Waals surface area contributed by atoms with E-state index in [-0.39, 0.29) is 11.7 Å². The average molecular weight is 426 g/mol. The fourth-order valence-corrected chi connectivity index (χ4v) is 4.30. The van der Waals surface area contributed by atoms with Crippen LogP contribution in [0.3, 0.4) is 0 Å². The molecule has 0 N–H and O–H groups in total. The smallest absolute Gasteiger partial charge is 0.155 e. The summed E-state index contributed by atoms with van der Waals surface area (Å²) in [6.45, 7) is 3.00. The lowest BCUT2D eigenvalue weighted by molar-refractivity contribution is 0.621. The molecule has 160 valence electrons. The number of fused-ring (bicyclic) bond motifs is 2. The Bertz CT molecular complexity index is 1370. The molecule has 0 radical (unpaired) electrons. The summed E-state index contributed by atoms with van der Waals surface area (Å²) < 4.78 is 21.3. The molecule has 6 heteroatoms. The van der Waals surface area contributed by atoms with Crippen molar-refractivity contribution >= 4 is 22.4 Å². The molecule has 1 saturated carbocycles. The number of benzene rings is 2. The first-order valence-corrected chi connectivity index (χ1v) is 11.0. The molecular weight excluding hydrogens is 403 g/mol. The van der Waals surface area contributed by atoms with Gasteiger partial charge >= 0.3 is 0 Å². The van der Waals surface area contributed by atoms with Gasteiger partial charge in [-0.15, -0.1) is 5.10 Å². The molecule has 5 aromatic rings. The molecule has 0 bridgehead atoms. The van der Waals surface area contributed by atoms with Crippen molar-refractivity contribution in [2.45, 2.75) is 31.7 Å². The van der Waals surface area contributed by atoms with E-state index >= 15 is 0 Å². The van der Waals surface area contributed by atoms with Crippen molar-refractivity contribution < 1.29 is 8.81 Å². The second-order valence-corrected chi connectivity index (χ2v) is 8.59. The molecule has 2 aromatic carbocycles. The monoisotopic (exact) mass is 426 g/mol. The largest absolute Gasteiger partial charge is 0.454 e. The molecule has 0 amide bonds. The lowest BCUT2D eigenvalue weighted by Crippen LogP contribution is -2.31. The van der Waals surface area contributed by atoms with Crippen LogP contribution in [0.2, 0.25) is 0 Å². The second-order valence-electron chi connectivity index (χ2n) is 8.59. The van der Waals surface area contributed by atoms with Gasteiger partial charge in [-0.25, -0.2) is 13.9 Å². The molecule has 0 saturated heterocycles. The molecule has 5 nitrogen and oxygen atoms in total. The highest BCUT2D eigenvalue weighted by molar-refractivity contribution is 5.82. The van der Waals surface area contributed by atoms with Crippen molar-refractivity contribution in [3.8, 4) is 11.5 Å². The van der Waals surface area contributed by atoms with Gasteiger partial charge in [-0.3, -0.25) is 0 Å². The maximum Gasteiger partial charge on any atom is 0.155 e. The molecule has 32 heavy (non-hydrogen) atoms. The fraction of sp³-hybridized carbons (Fsp3) is 0.231. The molecule has 1 fully saturated rings. The van der Waals surface area contributed by atoms with Gasteiger partial charge in [-0.1, -0.05) is 37.3 Å². The van der Waals surface area contributed by atoms with Gasteiger partial charge in [-0.05, 0) is 60.7 Å². The summed E-state index contributed by atoms with van der Waals surface area (Å²) in [4.78, 5) is 6.90. The van der Waals surface area contributed by atoms with E-state index in [4.69, 9.17) is 9.52 Å². The van der Waals surface area contributed by atoms with Crippen LogP contribution >= 0.6 is 0 Å². The summed E-state index contributed by atoms with van der Waals surface area (Å²) in [6, 6.07) is 21.3. The van der Waals surface area contributed by atoms with Crippen LogP contribution in [0.25, 0.3) is 28.1 Å². The van der Waals surface area contributed by atoms with Gasteiger partial charge < -0.3 is 9.32 Å². The molecule has 3 aromatic heterocycles. The van der Waals surface area contributed by atoms with E-state index in [0.717, 1.165) is 58.8 Å². The van der Waals surface area contributed by atoms with Crippen molar-refractivity contribution in [1.29, 1.82) is 0 Å². The summed E-state index contributed by atoms with van der Waals surface area (Å²) in [5.74, 6) is 1.72. The molecule has 1 atom stereocenters. The van der Waals surface area contributed by atoms with Crippen LogP contribution in [0.5, 0.6) is 0 Å². The molecule has 3 heterocycles. The number of nitrogens with zero attached hydrogens (tertiary/aromatic N) is 4. The Kier molecular flexibility index (Phi) is 4.45. The second kappa shape index (κ2) is 7.48. The third-order valence-corrected chi connectivity index (χ3v) is 6.22. The van der Waals surface area contributed by atoms with Crippen LogP contribution in [0.15, 0.2) is 77.3 Å². The van der Waals surface area contributed by atoms with E-state index in [1.807, 2.05) is 65.3 Å². The molecule has 1 unspecified atom stereocenters. The minimum absolute atomic E-state index is 0.203. The molecule has 0 spiro atoms. The van der Waals surface area contributed by atoms with Crippen LogP contribution < -0.4 is 4.90 Å². The topological polar surface area (TPSA) is 46.6 Å². The van der Waals surface area contributed by atoms with E-state index in [0.29, 0.717) is 6.04 Å². The van der Waals surface area contributed by atoms with Crippen LogP contribution in [0.4, 0.5) is 10.2 Å². The van der Waals surface area contributed by atoms with Gasteiger partial charge in [0.15, 0.2) is 11.4 Å². The first-order chi connectivity index (χ1) is 15.7. The summed E-state index contributed by atoms with van der Waals surface area (Å²) in [6.07, 6.45) is 4.14. The number of halogens is 1. The minimum atomic E-state index is -0.203. The lowest BCUT2D eigenvalue weighted by atomic mass is 10.0. The fourth-order valence-electron chi connectivity index (χ4n) is 4.30. The standard InChI is InChI=1S/C26H23FN4O/c1-17(18-6-8-20(27)9-7-18)16-30(21-10-11-21)26-13-12-25-28-15-22(31(25)29-26)24-14-19-4-2-3-5-23(19)32-24/h2-9,12-15,17,21H,10-11,16H2,1H3. The summed E-state index contributed by atoms with van der Waals surface area (Å²) in [5.41, 5.74) is 3.59. The number of anilines is 1. The minimum Gasteiger partial charge on any atom is -0.454 e. The Morgan fingerprint density at radius 3 is 2.69 bits per heavy atom. The van der Waals surface area contributed by atoms with E-state index in [9.17, 15) is 4.39 Å². The van der Waals surface area contributed by atoms with Crippen molar-refractivity contribution in [1.82, 2.24) is 14.6 Å². The van der Waals surface area contributed by atoms with Gasteiger partial charge in [0.1, 0.15) is 22.9 Å². The number of rotatable bonds is 6. The van der Waals surface area contributed by atoms with Crippen molar-refractivity contribution in [2.24, 2.45) is 0 Å². The zero-order chi connectivity index (χ0) is 21.7. The first kappa shape index (κ1) is 19.0. The number of hydrogen-bond donors (Lipinski definition) is 0. The average Bonchev–Trinajstić information content (AvgIpc) is 3.42. The van der Waals surface area contributed by atoms with Gasteiger partial charge in [0.2, 0.25) is 0 Å². The Morgan fingerprint density at radius 2 is 1.91 bits per heavy atom. The molecular formula is C26H23FN4O. The summed E-state index contributed by atoms with van der Waals surface area (Å²) >= 11 is 0. The molecule has 0 aliphatic heterocycles. The van der Waals surface area contributed by atoms with Gasteiger partial charge in [0, 0.05) is 18.0 Å². The van der Waals surface area contributed by atoms with Crippen LogP contribution in [-0.4, -0.2) is 27.2 Å².